The molecule has 0 saturated heterocycles. The highest BCUT2D eigenvalue weighted by Crippen LogP contribution is 2.22. The van der Waals surface area contributed by atoms with Gasteiger partial charge < -0.3 is 4.42 Å². The molecule has 0 amide bonds. The zero-order valence-corrected chi connectivity index (χ0v) is 19.4. The molecule has 1 N–H and O–H groups in total. The predicted octanol–water partition coefficient (Wildman–Crippen LogP) is 4.97. The van der Waals surface area contributed by atoms with Gasteiger partial charge >= 0.3 is 11.6 Å². The van der Waals surface area contributed by atoms with E-state index in [0.29, 0.717) is 6.01 Å². The number of H-pyrrole nitrogens is 1. The number of fused-ring (bicyclic) bond motifs is 1. The average molecular weight is 526 g/mol. The summed E-state index contributed by atoms with van der Waals surface area (Å²) in [6, 6.07) is 16.9. The van der Waals surface area contributed by atoms with Crippen LogP contribution in [0.15, 0.2) is 91.6 Å². The van der Waals surface area contributed by atoms with E-state index in [0.717, 1.165) is 49.2 Å². The molecule has 7 heteroatoms. The molecular weight excluding hydrogens is 508 g/mol. The van der Waals surface area contributed by atoms with Gasteiger partial charge in [-0.3, -0.25) is 0 Å². The van der Waals surface area contributed by atoms with Crippen molar-refractivity contribution in [3.63, 3.8) is 0 Å². The SMILES string of the molecule is C=C1CC(C)=[n+]2c(-c3ccc(Br)cc3)cn(-c3[nH+]c(-c4ccc(Br)cc4)co3)c2=N1. The summed E-state index contributed by atoms with van der Waals surface area (Å²) in [6.07, 6.45) is 4.51. The van der Waals surface area contributed by atoms with Crippen LogP contribution in [0.1, 0.15) is 13.3 Å². The molecule has 1 aliphatic rings. The van der Waals surface area contributed by atoms with Crippen LogP contribution in [0, 0.1) is 5.71 Å². The Balaban J connectivity index is 1.71. The molecule has 1 aliphatic heterocycles. The number of oxazole rings is 1. The second-order valence-electron chi connectivity index (χ2n) is 7.20. The standard InChI is InChI=1S/C23H17Br2N4O/c1-14-11-15(2)29-21(17-5-9-19(25)10-6-17)12-28(22(29)26-14)23-27-20(13-30-23)16-3-7-18(24)8-4-16/h3-10,12-13H,1,11H2,2H3/q+1/p+1. The van der Waals surface area contributed by atoms with Crippen LogP contribution in [-0.4, -0.2) is 4.57 Å². The van der Waals surface area contributed by atoms with Crippen LogP contribution in [0.4, 0.5) is 0 Å². The number of nitrogens with one attached hydrogen (secondary N) is 1. The van der Waals surface area contributed by atoms with Crippen molar-refractivity contribution in [2.75, 3.05) is 0 Å². The lowest BCUT2D eigenvalue weighted by atomic mass is 10.1. The van der Waals surface area contributed by atoms with Crippen molar-refractivity contribution >= 4 is 31.9 Å². The highest BCUT2D eigenvalue weighted by Gasteiger charge is 2.28. The molecule has 30 heavy (non-hydrogen) atoms. The lowest BCUT2D eigenvalue weighted by Gasteiger charge is -2.02. The molecule has 0 aliphatic carbocycles. The molecule has 4 aromatic rings. The van der Waals surface area contributed by atoms with Crippen LogP contribution < -0.4 is 14.8 Å². The van der Waals surface area contributed by atoms with Crippen LogP contribution >= 0.6 is 31.9 Å². The molecule has 0 bridgehead atoms. The minimum Gasteiger partial charge on any atom is -0.395 e. The lowest BCUT2D eigenvalue weighted by Crippen LogP contribution is -2.45. The summed E-state index contributed by atoms with van der Waals surface area (Å²) in [5.74, 6) is 0. The minimum atomic E-state index is 0.589. The zero-order valence-electron chi connectivity index (χ0n) is 16.2. The quantitative estimate of drug-likeness (QED) is 0.348. The molecule has 0 saturated carbocycles. The van der Waals surface area contributed by atoms with Gasteiger partial charge in [-0.2, -0.15) is 4.24 Å². The van der Waals surface area contributed by atoms with Gasteiger partial charge in [0.15, 0.2) is 11.4 Å². The summed E-state index contributed by atoms with van der Waals surface area (Å²) >= 11 is 6.99. The van der Waals surface area contributed by atoms with Gasteiger partial charge in [0, 0.05) is 20.1 Å². The maximum Gasteiger partial charge on any atom is 0.469 e. The summed E-state index contributed by atoms with van der Waals surface area (Å²) in [5.41, 5.74) is 6.83. The summed E-state index contributed by atoms with van der Waals surface area (Å²) in [4.78, 5) is 8.13. The maximum absolute atomic E-state index is 5.92. The second kappa shape index (κ2) is 7.49. The number of nitrogens with zero attached hydrogens (tertiary/aromatic N) is 3. The highest BCUT2D eigenvalue weighted by atomic mass is 79.9. The van der Waals surface area contributed by atoms with Gasteiger partial charge in [-0.15, -0.1) is 4.57 Å². The summed E-state index contributed by atoms with van der Waals surface area (Å²) in [7, 11) is 0. The van der Waals surface area contributed by atoms with Crippen LogP contribution in [0.3, 0.4) is 0 Å². The fourth-order valence-corrected chi connectivity index (χ4v) is 4.17. The van der Waals surface area contributed by atoms with E-state index in [4.69, 9.17) is 9.41 Å². The number of benzene rings is 2. The number of imidazole rings is 1. The highest BCUT2D eigenvalue weighted by molar-refractivity contribution is 9.10. The number of aromatic amines is 1. The molecule has 3 heterocycles. The van der Waals surface area contributed by atoms with Gasteiger partial charge in [0.05, 0.1) is 12.1 Å². The van der Waals surface area contributed by atoms with Crippen molar-refractivity contribution in [1.82, 2.24) is 4.57 Å². The van der Waals surface area contributed by atoms with Crippen molar-refractivity contribution in [3.8, 4) is 28.5 Å². The molecule has 0 radical (unpaired) electrons. The first kappa shape index (κ1) is 19.2. The third kappa shape index (κ3) is 3.38. The number of rotatable bonds is 3. The van der Waals surface area contributed by atoms with E-state index in [-0.39, 0.29) is 0 Å². The lowest BCUT2D eigenvalue weighted by molar-refractivity contribution is -0.534. The fourth-order valence-electron chi connectivity index (χ4n) is 3.64. The normalized spacial score (nSPS) is 13.3. The smallest absolute Gasteiger partial charge is 0.395 e. The second-order valence-corrected chi connectivity index (χ2v) is 9.03. The van der Waals surface area contributed by atoms with Crippen LogP contribution in [0.5, 0.6) is 0 Å². The zero-order chi connectivity index (χ0) is 20.8. The Labute approximate surface area is 190 Å². The van der Waals surface area contributed by atoms with Crippen LogP contribution in [0.2, 0.25) is 0 Å². The van der Waals surface area contributed by atoms with E-state index in [1.165, 1.54) is 5.71 Å². The van der Waals surface area contributed by atoms with E-state index in [1.54, 1.807) is 6.26 Å². The molecule has 0 atom stereocenters. The maximum atomic E-state index is 5.92. The number of hydrogen-bond donors (Lipinski definition) is 0. The van der Waals surface area contributed by atoms with Crippen LogP contribution in [-0.2, 0) is 0 Å². The molecule has 5 nitrogen and oxygen atoms in total. The van der Waals surface area contributed by atoms with E-state index < -0.39 is 0 Å². The van der Waals surface area contributed by atoms with Crippen molar-refractivity contribution in [1.29, 1.82) is 0 Å². The Morgan fingerprint density at radius 1 is 1.03 bits per heavy atom. The van der Waals surface area contributed by atoms with E-state index in [2.05, 4.69) is 66.7 Å². The predicted molar refractivity (Wildman–Crippen MR) is 120 cm³/mol. The van der Waals surface area contributed by atoms with E-state index >= 15 is 0 Å². The third-order valence-electron chi connectivity index (χ3n) is 5.05. The molecule has 148 valence electrons. The number of aromatic nitrogens is 3. The number of allylic oxidation sites excluding steroid dienone is 1. The van der Waals surface area contributed by atoms with Crippen molar-refractivity contribution < 1.29 is 13.6 Å². The minimum absolute atomic E-state index is 0.589. The molecule has 0 spiro atoms. The summed E-state index contributed by atoms with van der Waals surface area (Å²) in [6.45, 7) is 6.19. The van der Waals surface area contributed by atoms with Gasteiger partial charge in [0.1, 0.15) is 18.2 Å². The van der Waals surface area contributed by atoms with E-state index in [9.17, 15) is 0 Å². The largest absolute Gasteiger partial charge is 0.469 e. The van der Waals surface area contributed by atoms with Crippen molar-refractivity contribution in [2.45, 2.75) is 13.3 Å². The Bertz CT molecular complexity index is 1400. The topological polar surface area (TPSA) is 50.5 Å². The molecular formula is C23H18Br2N4O+2. The monoisotopic (exact) mass is 524 g/mol. The van der Waals surface area contributed by atoms with Gasteiger partial charge in [-0.05, 0) is 43.3 Å². The fraction of sp³-hybridized carbons (Fsp3) is 0.0870. The molecule has 0 fully saturated rings. The number of hydrogen-bond acceptors (Lipinski definition) is 2. The molecule has 0 unspecified atom stereocenters. The van der Waals surface area contributed by atoms with Crippen LogP contribution in [0.25, 0.3) is 28.5 Å². The Kier molecular flexibility index (Phi) is 4.79. The first-order valence-electron chi connectivity index (χ1n) is 9.42. The van der Waals surface area contributed by atoms with Gasteiger partial charge in [0.2, 0.25) is 0 Å². The Morgan fingerprint density at radius 2 is 1.67 bits per heavy atom. The third-order valence-corrected chi connectivity index (χ3v) is 6.11. The van der Waals surface area contributed by atoms with E-state index in [1.807, 2.05) is 47.2 Å². The molecule has 2 aromatic carbocycles. The first-order valence-corrected chi connectivity index (χ1v) is 11.0. The Hall–Kier alpha value is -2.77. The van der Waals surface area contributed by atoms with Gasteiger partial charge in [-0.25, -0.2) is 4.98 Å². The van der Waals surface area contributed by atoms with Crippen molar-refractivity contribution in [2.24, 2.45) is 4.99 Å². The molecule has 2 aromatic heterocycles. The van der Waals surface area contributed by atoms with Gasteiger partial charge in [-0.1, -0.05) is 55.6 Å². The van der Waals surface area contributed by atoms with Gasteiger partial charge in [0.25, 0.3) is 0 Å². The van der Waals surface area contributed by atoms with Crippen molar-refractivity contribution in [3.05, 3.63) is 93.5 Å². The molecule has 5 rings (SSSR count). The average Bonchev–Trinajstić information content (AvgIpc) is 3.34. The number of halogens is 2. The first-order chi connectivity index (χ1) is 14.5. The Morgan fingerprint density at radius 3 is 2.33 bits per heavy atom. The summed E-state index contributed by atoms with van der Waals surface area (Å²) < 4.78 is 12.1. The summed E-state index contributed by atoms with van der Waals surface area (Å²) in [5, 5.41) is 0.